The number of benzene rings is 1. The van der Waals surface area contributed by atoms with Gasteiger partial charge in [-0.3, -0.25) is 0 Å². The molecule has 1 saturated heterocycles. The molecule has 1 aromatic carbocycles. The van der Waals surface area contributed by atoms with Gasteiger partial charge in [-0.15, -0.1) is 0 Å². The largest absolute Gasteiger partial charge is 0.507 e. The number of nitrogens with zero attached hydrogens (tertiary/aromatic N) is 1. The Morgan fingerprint density at radius 2 is 1.61 bits per heavy atom. The molecule has 0 radical (unpaired) electrons. The third kappa shape index (κ3) is 3.41. The van der Waals surface area contributed by atoms with E-state index in [2.05, 4.69) is 35.6 Å². The lowest BCUT2D eigenvalue weighted by Crippen LogP contribution is -2.52. The fourth-order valence-corrected chi connectivity index (χ4v) is 3.06. The molecule has 0 unspecified atom stereocenters. The molecule has 2 aliphatic heterocycles. The molecule has 128 valence electrons. The lowest BCUT2D eigenvalue weighted by atomic mass is 10.1. The summed E-state index contributed by atoms with van der Waals surface area (Å²) >= 11 is 3.27. The van der Waals surface area contributed by atoms with Crippen LogP contribution in [0.4, 0.5) is 17.6 Å². The van der Waals surface area contributed by atoms with Gasteiger partial charge in [0.2, 0.25) is 0 Å². The Morgan fingerprint density at radius 3 is 2.22 bits per heavy atom. The van der Waals surface area contributed by atoms with E-state index < -0.39 is 18.0 Å². The lowest BCUT2D eigenvalue weighted by Gasteiger charge is -2.32. The van der Waals surface area contributed by atoms with Gasteiger partial charge in [0.05, 0.1) is 0 Å². The molecule has 0 atom stereocenters. The fraction of sp³-hybridized carbons (Fsp3) is 0.571. The van der Waals surface area contributed by atoms with Crippen molar-refractivity contribution in [2.24, 2.45) is 0 Å². The van der Waals surface area contributed by atoms with Gasteiger partial charge in [0.1, 0.15) is 0 Å². The van der Waals surface area contributed by atoms with E-state index >= 15 is 0 Å². The molecule has 0 amide bonds. The number of rotatable bonds is 3. The van der Waals surface area contributed by atoms with E-state index in [1.807, 2.05) is 0 Å². The van der Waals surface area contributed by atoms with Crippen molar-refractivity contribution in [3.63, 3.8) is 0 Å². The summed E-state index contributed by atoms with van der Waals surface area (Å²) in [6.07, 6.45) is -8.80. The molecule has 0 aromatic heterocycles. The van der Waals surface area contributed by atoms with Crippen LogP contribution >= 0.6 is 15.9 Å². The standard InChI is InChI=1S/C14H15BrF4N2O2/c15-10-8-12-11(22-13(16,17)14(18,19)23-12)7-9(10)1-4-21-5-2-20-3-6-21/h7-8,20H,1-6H2. The zero-order valence-corrected chi connectivity index (χ0v) is 13.6. The molecular formula is C14H15BrF4N2O2. The van der Waals surface area contributed by atoms with Gasteiger partial charge in [-0.25, -0.2) is 0 Å². The summed E-state index contributed by atoms with van der Waals surface area (Å²) in [5.74, 6) is -0.779. The van der Waals surface area contributed by atoms with Crippen molar-refractivity contribution in [3.8, 4) is 11.5 Å². The summed E-state index contributed by atoms with van der Waals surface area (Å²) < 4.78 is 61.6. The predicted molar refractivity (Wildman–Crippen MR) is 78.3 cm³/mol. The number of halogens is 5. The van der Waals surface area contributed by atoms with Crippen molar-refractivity contribution in [1.82, 2.24) is 10.2 Å². The minimum absolute atomic E-state index is 0.376. The average molecular weight is 399 g/mol. The highest BCUT2D eigenvalue weighted by atomic mass is 79.9. The molecule has 0 spiro atoms. The number of fused-ring (bicyclic) bond motifs is 1. The number of hydrogen-bond acceptors (Lipinski definition) is 4. The number of alkyl halides is 4. The van der Waals surface area contributed by atoms with Crippen molar-refractivity contribution in [2.45, 2.75) is 18.6 Å². The molecule has 0 aliphatic carbocycles. The summed E-state index contributed by atoms with van der Waals surface area (Å²) in [5, 5.41) is 3.24. The second-order valence-electron chi connectivity index (χ2n) is 5.47. The van der Waals surface area contributed by atoms with Gasteiger partial charge in [-0.2, -0.15) is 17.6 Å². The first-order chi connectivity index (χ1) is 10.8. The molecule has 0 saturated carbocycles. The van der Waals surface area contributed by atoms with Crippen molar-refractivity contribution in [1.29, 1.82) is 0 Å². The smallest absolute Gasteiger partial charge is 0.421 e. The van der Waals surface area contributed by atoms with Crippen molar-refractivity contribution in [3.05, 3.63) is 22.2 Å². The molecule has 1 N–H and O–H groups in total. The molecule has 23 heavy (non-hydrogen) atoms. The van der Waals surface area contributed by atoms with Crippen LogP contribution in [0.3, 0.4) is 0 Å². The molecule has 2 aliphatic rings. The van der Waals surface area contributed by atoms with Gasteiger partial charge in [-0.1, -0.05) is 15.9 Å². The Kier molecular flexibility index (Phi) is 4.45. The summed E-state index contributed by atoms with van der Waals surface area (Å²) in [6.45, 7) is 4.37. The van der Waals surface area contributed by atoms with Crippen LogP contribution in [0.15, 0.2) is 16.6 Å². The van der Waals surface area contributed by atoms with Gasteiger partial charge in [0.25, 0.3) is 0 Å². The van der Waals surface area contributed by atoms with Crippen molar-refractivity contribution >= 4 is 15.9 Å². The lowest BCUT2D eigenvalue weighted by molar-refractivity contribution is -0.391. The van der Waals surface area contributed by atoms with E-state index in [1.54, 1.807) is 0 Å². The third-order valence-electron chi connectivity index (χ3n) is 3.83. The zero-order valence-electron chi connectivity index (χ0n) is 12.1. The van der Waals surface area contributed by atoms with Gasteiger partial charge in [0, 0.05) is 37.2 Å². The molecule has 3 rings (SSSR count). The van der Waals surface area contributed by atoms with Crippen LogP contribution in [0.25, 0.3) is 0 Å². The van der Waals surface area contributed by atoms with Gasteiger partial charge in [0.15, 0.2) is 11.5 Å². The van der Waals surface area contributed by atoms with Crippen LogP contribution in [0.1, 0.15) is 5.56 Å². The van der Waals surface area contributed by atoms with Crippen molar-refractivity contribution in [2.75, 3.05) is 32.7 Å². The van der Waals surface area contributed by atoms with Crippen LogP contribution in [0.5, 0.6) is 11.5 Å². The van der Waals surface area contributed by atoms with Gasteiger partial charge < -0.3 is 19.7 Å². The topological polar surface area (TPSA) is 33.7 Å². The molecular weight excluding hydrogens is 384 g/mol. The van der Waals surface area contributed by atoms with Crippen LogP contribution in [-0.4, -0.2) is 49.8 Å². The highest BCUT2D eigenvalue weighted by Gasteiger charge is 2.66. The highest BCUT2D eigenvalue weighted by molar-refractivity contribution is 9.10. The molecule has 1 aromatic rings. The van der Waals surface area contributed by atoms with Crippen LogP contribution in [0, 0.1) is 0 Å². The molecule has 1 fully saturated rings. The van der Waals surface area contributed by atoms with E-state index in [9.17, 15) is 17.6 Å². The normalized spacial score (nSPS) is 22.8. The summed E-state index contributed by atoms with van der Waals surface area (Å²) in [6, 6.07) is 2.57. The maximum absolute atomic E-state index is 13.2. The Morgan fingerprint density at radius 1 is 1.04 bits per heavy atom. The monoisotopic (exact) mass is 398 g/mol. The first-order valence-corrected chi connectivity index (χ1v) is 7.97. The summed E-state index contributed by atoms with van der Waals surface area (Å²) in [7, 11) is 0. The summed E-state index contributed by atoms with van der Waals surface area (Å²) in [5.41, 5.74) is 0.701. The minimum atomic E-state index is -4.69. The molecule has 4 nitrogen and oxygen atoms in total. The quantitative estimate of drug-likeness (QED) is 0.793. The van der Waals surface area contributed by atoms with Gasteiger partial charge in [-0.05, 0) is 24.1 Å². The van der Waals surface area contributed by atoms with E-state index in [1.165, 1.54) is 12.1 Å². The van der Waals surface area contributed by atoms with Crippen LogP contribution in [0.2, 0.25) is 0 Å². The second-order valence-corrected chi connectivity index (χ2v) is 6.32. The van der Waals surface area contributed by atoms with E-state index in [-0.39, 0.29) is 5.75 Å². The number of ether oxygens (including phenoxy) is 2. The van der Waals surface area contributed by atoms with Crippen LogP contribution in [-0.2, 0) is 6.42 Å². The van der Waals surface area contributed by atoms with E-state index in [4.69, 9.17) is 0 Å². The Bertz CT molecular complexity index is 594. The highest BCUT2D eigenvalue weighted by Crippen LogP contribution is 2.48. The maximum atomic E-state index is 13.2. The number of nitrogens with one attached hydrogen (secondary N) is 1. The third-order valence-corrected chi connectivity index (χ3v) is 4.57. The number of hydrogen-bond donors (Lipinski definition) is 1. The Labute approximate surface area is 138 Å². The zero-order chi connectivity index (χ0) is 16.7. The first-order valence-electron chi connectivity index (χ1n) is 7.18. The average Bonchev–Trinajstić information content (AvgIpc) is 2.48. The van der Waals surface area contributed by atoms with Gasteiger partial charge >= 0.3 is 12.2 Å². The van der Waals surface area contributed by atoms with Crippen molar-refractivity contribution < 1.29 is 27.0 Å². The van der Waals surface area contributed by atoms with E-state index in [0.29, 0.717) is 16.5 Å². The SMILES string of the molecule is FC1(F)Oc2cc(Br)c(CCN3CCNCC3)cc2OC1(F)F. The molecule has 9 heteroatoms. The molecule has 2 heterocycles. The van der Waals surface area contributed by atoms with E-state index in [0.717, 1.165) is 32.7 Å². The Balaban J connectivity index is 1.76. The maximum Gasteiger partial charge on any atom is 0.507 e. The second kappa shape index (κ2) is 6.10. The first kappa shape index (κ1) is 16.8. The van der Waals surface area contributed by atoms with Crippen LogP contribution < -0.4 is 14.8 Å². The number of piperazine rings is 1. The minimum Gasteiger partial charge on any atom is -0.421 e. The summed E-state index contributed by atoms with van der Waals surface area (Å²) in [4.78, 5) is 2.24. The fourth-order valence-electron chi connectivity index (χ4n) is 2.54. The molecule has 0 bridgehead atoms. The predicted octanol–water partition coefficient (Wildman–Crippen LogP) is 2.85. The Hall–Kier alpha value is -1.06.